The summed E-state index contributed by atoms with van der Waals surface area (Å²) in [6.07, 6.45) is 0. The Morgan fingerprint density at radius 2 is 1.78 bits per heavy atom. The molecule has 1 N–H and O–H groups in total. The molecule has 1 heterocycles. The molecule has 0 aliphatic carbocycles. The second-order valence-corrected chi connectivity index (χ2v) is 5.56. The normalized spacial score (nSPS) is 15.8. The van der Waals surface area contributed by atoms with Gasteiger partial charge in [-0.2, -0.15) is 0 Å². The lowest BCUT2D eigenvalue weighted by molar-refractivity contribution is -0.138. The van der Waals surface area contributed by atoms with Gasteiger partial charge in [0.2, 0.25) is 5.91 Å². The first-order chi connectivity index (χ1) is 8.28. The van der Waals surface area contributed by atoms with Crippen molar-refractivity contribution >= 4 is 12.4 Å². The molecule has 0 radical (unpaired) electrons. The Balaban J connectivity index is 0.000000360. The predicted molar refractivity (Wildman–Crippen MR) is 71.2 cm³/mol. The number of amides is 1. The molecule has 0 bridgehead atoms. The van der Waals surface area contributed by atoms with Gasteiger partial charge in [-0.3, -0.25) is 9.59 Å². The van der Waals surface area contributed by atoms with Gasteiger partial charge < -0.3 is 15.0 Å². The first kappa shape index (κ1) is 16.9. The summed E-state index contributed by atoms with van der Waals surface area (Å²) in [6.45, 7) is 13.4. The molecule has 1 rings (SSSR count). The summed E-state index contributed by atoms with van der Waals surface area (Å²) in [7, 11) is 0. The van der Waals surface area contributed by atoms with Crippen molar-refractivity contribution in [3.63, 3.8) is 0 Å². The van der Waals surface area contributed by atoms with Crippen molar-refractivity contribution in [2.24, 2.45) is 5.92 Å². The number of ether oxygens (including phenoxy) is 1. The van der Waals surface area contributed by atoms with E-state index >= 15 is 0 Å². The summed E-state index contributed by atoms with van der Waals surface area (Å²) in [4.78, 5) is 22.9. The maximum atomic E-state index is 11.4. The summed E-state index contributed by atoms with van der Waals surface area (Å²) in [5.74, 6) is 0.430. The molecule has 0 spiro atoms. The first-order valence-electron chi connectivity index (χ1n) is 6.39. The van der Waals surface area contributed by atoms with Crippen LogP contribution in [0.2, 0.25) is 0 Å². The molecule has 0 atom stereocenters. The van der Waals surface area contributed by atoms with Crippen LogP contribution >= 0.6 is 0 Å². The Bertz CT molecular complexity index is 253. The molecule has 18 heavy (non-hydrogen) atoms. The highest BCUT2D eigenvalue weighted by molar-refractivity contribution is 5.78. The Morgan fingerprint density at radius 1 is 1.28 bits per heavy atom. The molecular weight excluding hydrogens is 232 g/mol. The van der Waals surface area contributed by atoms with Gasteiger partial charge in [0.05, 0.1) is 0 Å². The van der Waals surface area contributed by atoms with Crippen LogP contribution in [0.4, 0.5) is 0 Å². The molecule has 1 aliphatic heterocycles. The SMILES string of the molecule is CC(C)(C)OC=O.CC(C)C(=O)N1CCNCC1. The van der Waals surface area contributed by atoms with Gasteiger partial charge in [0.15, 0.2) is 0 Å². The van der Waals surface area contributed by atoms with Crippen LogP contribution < -0.4 is 5.32 Å². The zero-order valence-corrected chi connectivity index (χ0v) is 12.2. The van der Waals surface area contributed by atoms with Crippen LogP contribution in [-0.4, -0.2) is 49.1 Å². The molecule has 5 nitrogen and oxygen atoms in total. The van der Waals surface area contributed by atoms with Crippen molar-refractivity contribution in [2.45, 2.75) is 40.2 Å². The molecule has 0 unspecified atom stereocenters. The van der Waals surface area contributed by atoms with Gasteiger partial charge in [-0.05, 0) is 20.8 Å². The highest BCUT2D eigenvalue weighted by Crippen LogP contribution is 2.03. The highest BCUT2D eigenvalue weighted by Gasteiger charge is 2.18. The number of carbonyl (C=O) groups excluding carboxylic acids is 2. The third kappa shape index (κ3) is 8.06. The fraction of sp³-hybridized carbons (Fsp3) is 0.846. The summed E-state index contributed by atoms with van der Waals surface area (Å²) in [5, 5.41) is 3.21. The average molecular weight is 258 g/mol. The number of nitrogens with zero attached hydrogens (tertiary/aromatic N) is 1. The van der Waals surface area contributed by atoms with Crippen LogP contribution in [0.3, 0.4) is 0 Å². The molecular formula is C13H26N2O3. The van der Waals surface area contributed by atoms with Crippen molar-refractivity contribution in [3.8, 4) is 0 Å². The number of hydrogen-bond acceptors (Lipinski definition) is 4. The van der Waals surface area contributed by atoms with E-state index in [0.29, 0.717) is 6.47 Å². The van der Waals surface area contributed by atoms with E-state index in [-0.39, 0.29) is 17.4 Å². The molecule has 0 aromatic carbocycles. The molecule has 1 saturated heterocycles. The second kappa shape index (κ2) is 8.08. The van der Waals surface area contributed by atoms with E-state index in [0.717, 1.165) is 26.2 Å². The van der Waals surface area contributed by atoms with Crippen LogP contribution in [0.5, 0.6) is 0 Å². The number of carbonyl (C=O) groups is 2. The van der Waals surface area contributed by atoms with E-state index < -0.39 is 0 Å². The smallest absolute Gasteiger partial charge is 0.293 e. The molecule has 1 fully saturated rings. The van der Waals surface area contributed by atoms with Crippen LogP contribution in [0.1, 0.15) is 34.6 Å². The third-order valence-electron chi connectivity index (χ3n) is 2.32. The van der Waals surface area contributed by atoms with Crippen LogP contribution in [0, 0.1) is 5.92 Å². The third-order valence-corrected chi connectivity index (χ3v) is 2.32. The topological polar surface area (TPSA) is 58.6 Å². The van der Waals surface area contributed by atoms with Crippen molar-refractivity contribution in [3.05, 3.63) is 0 Å². The van der Waals surface area contributed by atoms with Gasteiger partial charge in [-0.1, -0.05) is 13.8 Å². The van der Waals surface area contributed by atoms with Crippen molar-refractivity contribution in [1.29, 1.82) is 0 Å². The van der Waals surface area contributed by atoms with Gasteiger partial charge in [0.1, 0.15) is 5.60 Å². The maximum Gasteiger partial charge on any atom is 0.293 e. The predicted octanol–water partition coefficient (Wildman–Crippen LogP) is 1.03. The Morgan fingerprint density at radius 3 is 2.06 bits per heavy atom. The minimum Gasteiger partial charge on any atom is -0.462 e. The summed E-state index contributed by atoms with van der Waals surface area (Å²) < 4.78 is 4.55. The standard InChI is InChI=1S/C8H16N2O.C5H10O2/c1-7(2)8(11)10-5-3-9-4-6-10;1-5(2,3)7-4-6/h7,9H,3-6H2,1-2H3;4H,1-3H3. The van der Waals surface area contributed by atoms with E-state index in [9.17, 15) is 9.59 Å². The Kier molecular flexibility index (Phi) is 7.59. The second-order valence-electron chi connectivity index (χ2n) is 5.56. The van der Waals surface area contributed by atoms with Gasteiger partial charge in [0, 0.05) is 32.1 Å². The quantitative estimate of drug-likeness (QED) is 0.752. The van der Waals surface area contributed by atoms with Crippen molar-refractivity contribution in [2.75, 3.05) is 26.2 Å². The molecule has 5 heteroatoms. The maximum absolute atomic E-state index is 11.4. The van der Waals surface area contributed by atoms with Crippen molar-refractivity contribution in [1.82, 2.24) is 10.2 Å². The number of hydrogen-bond donors (Lipinski definition) is 1. The first-order valence-corrected chi connectivity index (χ1v) is 6.39. The largest absolute Gasteiger partial charge is 0.462 e. The molecule has 106 valence electrons. The van der Waals surface area contributed by atoms with Crippen LogP contribution in [0.15, 0.2) is 0 Å². The van der Waals surface area contributed by atoms with E-state index in [1.807, 2.05) is 39.5 Å². The van der Waals surface area contributed by atoms with Crippen LogP contribution in [0.25, 0.3) is 0 Å². The lowest BCUT2D eigenvalue weighted by atomic mass is 10.2. The van der Waals surface area contributed by atoms with Gasteiger partial charge in [-0.15, -0.1) is 0 Å². The summed E-state index contributed by atoms with van der Waals surface area (Å²) >= 11 is 0. The van der Waals surface area contributed by atoms with Gasteiger partial charge in [-0.25, -0.2) is 0 Å². The van der Waals surface area contributed by atoms with Gasteiger partial charge in [0.25, 0.3) is 6.47 Å². The lowest BCUT2D eigenvalue weighted by Gasteiger charge is -2.28. The lowest BCUT2D eigenvalue weighted by Crippen LogP contribution is -2.47. The number of piperazine rings is 1. The summed E-state index contributed by atoms with van der Waals surface area (Å²) in [5.41, 5.74) is -0.318. The fourth-order valence-electron chi connectivity index (χ4n) is 1.39. The molecule has 1 amide bonds. The number of rotatable bonds is 2. The van der Waals surface area contributed by atoms with E-state index in [2.05, 4.69) is 10.1 Å². The van der Waals surface area contributed by atoms with Gasteiger partial charge >= 0.3 is 0 Å². The minimum atomic E-state index is -0.318. The fourth-order valence-corrected chi connectivity index (χ4v) is 1.39. The van der Waals surface area contributed by atoms with Crippen LogP contribution in [-0.2, 0) is 14.3 Å². The summed E-state index contributed by atoms with van der Waals surface area (Å²) in [6, 6.07) is 0. The monoisotopic (exact) mass is 258 g/mol. The number of nitrogens with one attached hydrogen (secondary N) is 1. The van der Waals surface area contributed by atoms with Crippen molar-refractivity contribution < 1.29 is 14.3 Å². The van der Waals surface area contributed by atoms with E-state index in [4.69, 9.17) is 0 Å². The zero-order chi connectivity index (χ0) is 14.2. The Hall–Kier alpha value is -1.10. The molecule has 0 aromatic heterocycles. The zero-order valence-electron chi connectivity index (χ0n) is 12.2. The molecule has 1 aliphatic rings. The minimum absolute atomic E-state index is 0.146. The van der Waals surface area contributed by atoms with E-state index in [1.165, 1.54) is 0 Å². The average Bonchev–Trinajstić information content (AvgIpc) is 2.28. The van der Waals surface area contributed by atoms with E-state index in [1.54, 1.807) is 0 Å². The Labute approximate surface area is 110 Å². The highest BCUT2D eigenvalue weighted by atomic mass is 16.5. The molecule has 0 saturated carbocycles. The molecule has 0 aromatic rings.